The Bertz CT molecular complexity index is 392. The van der Waals surface area contributed by atoms with Gasteiger partial charge in [-0.05, 0) is 49.9 Å². The lowest BCUT2D eigenvalue weighted by molar-refractivity contribution is -0.140. The fourth-order valence-corrected chi connectivity index (χ4v) is 2.46. The topological polar surface area (TPSA) is 35.5 Å². The summed E-state index contributed by atoms with van der Waals surface area (Å²) in [6.07, 6.45) is 2.10. The van der Waals surface area contributed by atoms with Crippen LogP contribution in [0.15, 0.2) is 16.6 Å². The van der Waals surface area contributed by atoms with E-state index in [-0.39, 0.29) is 5.97 Å². The third-order valence-corrected chi connectivity index (χ3v) is 3.13. The van der Waals surface area contributed by atoms with Crippen molar-refractivity contribution >= 4 is 21.9 Å². The minimum Gasteiger partial charge on any atom is -0.493 e. The third kappa shape index (κ3) is 4.69. The van der Waals surface area contributed by atoms with Crippen LogP contribution in [0, 0.1) is 13.8 Å². The first kappa shape index (κ1) is 15.0. The van der Waals surface area contributed by atoms with Crippen molar-refractivity contribution in [1.29, 1.82) is 0 Å². The highest BCUT2D eigenvalue weighted by molar-refractivity contribution is 9.10. The molecule has 0 N–H and O–H groups in total. The maximum absolute atomic E-state index is 10.9. The van der Waals surface area contributed by atoms with Crippen molar-refractivity contribution in [3.05, 3.63) is 27.7 Å². The predicted molar refractivity (Wildman–Crippen MR) is 75.0 cm³/mol. The molecule has 4 heteroatoms. The number of esters is 1. The van der Waals surface area contributed by atoms with Gasteiger partial charge in [0.05, 0.1) is 13.7 Å². The summed E-state index contributed by atoms with van der Waals surface area (Å²) in [5.41, 5.74) is 2.24. The molecule has 0 aromatic heterocycles. The summed E-state index contributed by atoms with van der Waals surface area (Å²) in [4.78, 5) is 10.9. The molecule has 0 radical (unpaired) electrons. The molecule has 0 atom stereocenters. The summed E-state index contributed by atoms with van der Waals surface area (Å²) >= 11 is 3.46. The zero-order valence-electron chi connectivity index (χ0n) is 11.1. The van der Waals surface area contributed by atoms with E-state index < -0.39 is 0 Å². The Kier molecular flexibility index (Phi) is 6.19. The Labute approximate surface area is 117 Å². The second-order valence-electron chi connectivity index (χ2n) is 4.25. The number of carbonyl (C=O) groups is 1. The number of unbranched alkanes of at least 4 members (excludes halogenated alkanes) is 1. The molecule has 1 aromatic rings. The minimum atomic E-state index is -0.161. The molecule has 0 heterocycles. The van der Waals surface area contributed by atoms with Gasteiger partial charge in [-0.15, -0.1) is 0 Å². The van der Waals surface area contributed by atoms with Crippen molar-refractivity contribution in [3.63, 3.8) is 0 Å². The summed E-state index contributed by atoms with van der Waals surface area (Å²) in [6, 6.07) is 4.08. The summed E-state index contributed by atoms with van der Waals surface area (Å²) in [5, 5.41) is 0. The maximum atomic E-state index is 10.9. The van der Waals surface area contributed by atoms with Gasteiger partial charge in [-0.25, -0.2) is 0 Å². The first-order valence-electron chi connectivity index (χ1n) is 6.01. The lowest BCUT2D eigenvalue weighted by Crippen LogP contribution is -2.04. The highest BCUT2D eigenvalue weighted by Gasteiger charge is 2.06. The minimum absolute atomic E-state index is 0.161. The average molecular weight is 315 g/mol. The average Bonchev–Trinajstić information content (AvgIpc) is 2.31. The summed E-state index contributed by atoms with van der Waals surface area (Å²) in [5.74, 6) is 0.780. The van der Waals surface area contributed by atoms with E-state index in [1.807, 2.05) is 26.0 Å². The normalized spacial score (nSPS) is 10.2. The van der Waals surface area contributed by atoms with Gasteiger partial charge in [-0.2, -0.15) is 0 Å². The molecule has 0 bridgehead atoms. The van der Waals surface area contributed by atoms with Crippen LogP contribution >= 0.6 is 15.9 Å². The Morgan fingerprint density at radius 2 is 1.83 bits per heavy atom. The van der Waals surface area contributed by atoms with Crippen molar-refractivity contribution < 1.29 is 14.3 Å². The number of aryl methyl sites for hydroxylation is 2. The quantitative estimate of drug-likeness (QED) is 0.592. The SMILES string of the molecule is COC(=O)CCCCOc1c(C)cc(Br)cc1C. The Hall–Kier alpha value is -1.03. The molecular formula is C14H19BrO3. The number of halogens is 1. The maximum Gasteiger partial charge on any atom is 0.305 e. The molecule has 0 saturated heterocycles. The molecule has 3 nitrogen and oxygen atoms in total. The number of methoxy groups -OCH3 is 1. The first-order chi connectivity index (χ1) is 8.54. The first-order valence-corrected chi connectivity index (χ1v) is 6.80. The van der Waals surface area contributed by atoms with Gasteiger partial charge in [0.25, 0.3) is 0 Å². The van der Waals surface area contributed by atoms with Gasteiger partial charge in [0.15, 0.2) is 0 Å². The second-order valence-corrected chi connectivity index (χ2v) is 5.17. The zero-order chi connectivity index (χ0) is 13.5. The molecule has 18 heavy (non-hydrogen) atoms. The van der Waals surface area contributed by atoms with E-state index in [1.54, 1.807) is 0 Å². The molecular weight excluding hydrogens is 296 g/mol. The van der Waals surface area contributed by atoms with Crippen LogP contribution in [-0.2, 0) is 9.53 Å². The standard InChI is InChI=1S/C14H19BrO3/c1-10-8-12(15)9-11(2)14(10)18-7-5-4-6-13(16)17-3/h8-9H,4-7H2,1-3H3. The van der Waals surface area contributed by atoms with Crippen molar-refractivity contribution in [2.45, 2.75) is 33.1 Å². The summed E-state index contributed by atoms with van der Waals surface area (Å²) < 4.78 is 11.4. The number of hydrogen-bond donors (Lipinski definition) is 0. The molecule has 100 valence electrons. The Morgan fingerprint density at radius 1 is 1.22 bits per heavy atom. The van der Waals surface area contributed by atoms with E-state index in [4.69, 9.17) is 4.74 Å². The predicted octanol–water partition coefficient (Wildman–Crippen LogP) is 3.79. The van der Waals surface area contributed by atoms with E-state index >= 15 is 0 Å². The van der Waals surface area contributed by atoms with Crippen LogP contribution in [0.25, 0.3) is 0 Å². The van der Waals surface area contributed by atoms with Crippen LogP contribution in [-0.4, -0.2) is 19.7 Å². The number of ether oxygens (including phenoxy) is 2. The zero-order valence-corrected chi connectivity index (χ0v) is 12.7. The van der Waals surface area contributed by atoms with Crippen molar-refractivity contribution in [2.24, 2.45) is 0 Å². The number of rotatable bonds is 6. The highest BCUT2D eigenvalue weighted by atomic mass is 79.9. The van der Waals surface area contributed by atoms with E-state index in [9.17, 15) is 4.79 Å². The summed E-state index contributed by atoms with van der Waals surface area (Å²) in [6.45, 7) is 4.68. The van der Waals surface area contributed by atoms with Gasteiger partial charge in [-0.3, -0.25) is 4.79 Å². The van der Waals surface area contributed by atoms with Crippen LogP contribution in [0.4, 0.5) is 0 Å². The smallest absolute Gasteiger partial charge is 0.305 e. The molecule has 0 aliphatic rings. The number of benzene rings is 1. The van der Waals surface area contributed by atoms with Crippen molar-refractivity contribution in [3.8, 4) is 5.75 Å². The molecule has 0 aliphatic heterocycles. The Morgan fingerprint density at radius 3 is 2.39 bits per heavy atom. The largest absolute Gasteiger partial charge is 0.493 e. The van der Waals surface area contributed by atoms with E-state index in [1.165, 1.54) is 7.11 Å². The highest BCUT2D eigenvalue weighted by Crippen LogP contribution is 2.27. The monoisotopic (exact) mass is 314 g/mol. The lowest BCUT2D eigenvalue weighted by Gasteiger charge is -2.12. The molecule has 0 spiro atoms. The van der Waals surface area contributed by atoms with Gasteiger partial charge >= 0.3 is 5.97 Å². The van der Waals surface area contributed by atoms with Gasteiger partial charge in [0, 0.05) is 10.9 Å². The number of carbonyl (C=O) groups excluding carboxylic acids is 1. The fraction of sp³-hybridized carbons (Fsp3) is 0.500. The molecule has 1 rings (SSSR count). The van der Waals surface area contributed by atoms with Crippen molar-refractivity contribution in [2.75, 3.05) is 13.7 Å². The summed E-state index contributed by atoms with van der Waals surface area (Å²) in [7, 11) is 1.41. The number of hydrogen-bond acceptors (Lipinski definition) is 3. The van der Waals surface area contributed by atoms with Crippen LogP contribution in [0.1, 0.15) is 30.4 Å². The van der Waals surface area contributed by atoms with Gasteiger partial charge in [0.1, 0.15) is 5.75 Å². The van der Waals surface area contributed by atoms with Gasteiger partial charge in [0.2, 0.25) is 0 Å². The second kappa shape index (κ2) is 7.41. The molecule has 0 saturated carbocycles. The van der Waals surface area contributed by atoms with Crippen molar-refractivity contribution in [1.82, 2.24) is 0 Å². The fourth-order valence-electron chi connectivity index (χ4n) is 1.77. The molecule has 0 aliphatic carbocycles. The van der Waals surface area contributed by atoms with Crippen LogP contribution in [0.3, 0.4) is 0 Å². The third-order valence-electron chi connectivity index (χ3n) is 2.67. The van der Waals surface area contributed by atoms with Gasteiger partial charge in [-0.1, -0.05) is 15.9 Å². The Balaban J connectivity index is 2.38. The van der Waals surface area contributed by atoms with E-state index in [0.29, 0.717) is 13.0 Å². The molecule has 1 aromatic carbocycles. The molecule has 0 fully saturated rings. The molecule has 0 unspecified atom stereocenters. The van der Waals surface area contributed by atoms with Gasteiger partial charge < -0.3 is 9.47 Å². The molecule has 0 amide bonds. The van der Waals surface area contributed by atoms with E-state index in [0.717, 1.165) is 34.2 Å². The van der Waals surface area contributed by atoms with Crippen LogP contribution in [0.5, 0.6) is 5.75 Å². The van der Waals surface area contributed by atoms with E-state index in [2.05, 4.69) is 20.7 Å². The van der Waals surface area contributed by atoms with Crippen LogP contribution in [0.2, 0.25) is 0 Å². The van der Waals surface area contributed by atoms with Crippen LogP contribution < -0.4 is 4.74 Å². The lowest BCUT2D eigenvalue weighted by atomic mass is 10.1.